The largest absolute Gasteiger partial charge is 0.0766 e. The van der Waals surface area contributed by atoms with Crippen molar-refractivity contribution in [3.05, 3.63) is 18.1 Å². The smallest absolute Gasteiger partial charge is 0.00803 e. The molecule has 0 heteroatoms. The van der Waals surface area contributed by atoms with Crippen LogP contribution >= 0.6 is 0 Å². The van der Waals surface area contributed by atoms with Gasteiger partial charge >= 0.3 is 0 Å². The molecule has 0 saturated carbocycles. The summed E-state index contributed by atoms with van der Waals surface area (Å²) in [6.07, 6.45) is 5.64. The summed E-state index contributed by atoms with van der Waals surface area (Å²) in [7, 11) is 0. The van der Waals surface area contributed by atoms with Crippen molar-refractivity contribution in [1.82, 2.24) is 0 Å². The summed E-state index contributed by atoms with van der Waals surface area (Å²) in [5.41, 5.74) is 1.54. The van der Waals surface area contributed by atoms with Gasteiger partial charge in [0, 0.05) is 6.42 Å². The molecule has 0 aromatic rings. The minimum atomic E-state index is 0.838. The molecule has 0 unspecified atom stereocenters. The first-order valence-corrected chi connectivity index (χ1v) is 2.83. The summed E-state index contributed by atoms with van der Waals surface area (Å²) in [5.74, 6) is 0.838. The molecule has 39 valence electrons. The Labute approximate surface area is 45.2 Å². The monoisotopic (exact) mass is 95.1 g/mol. The van der Waals surface area contributed by atoms with Crippen molar-refractivity contribution in [2.75, 3.05) is 0 Å². The third kappa shape index (κ3) is 1.77. The minimum absolute atomic E-state index is 0.838. The Bertz CT molecular complexity index is 88.2. The molecule has 0 saturated heterocycles. The Kier molecular flexibility index (Phi) is 1.18. The molecule has 0 bridgehead atoms. The van der Waals surface area contributed by atoms with Crippen LogP contribution in [-0.2, 0) is 0 Å². The molecular weight excluding hydrogens is 84.1 g/mol. The minimum Gasteiger partial charge on any atom is -0.0766 e. The average molecular weight is 95.2 g/mol. The van der Waals surface area contributed by atoms with Gasteiger partial charge in [0.15, 0.2) is 0 Å². The maximum atomic E-state index is 2.24. The van der Waals surface area contributed by atoms with Crippen molar-refractivity contribution in [3.63, 3.8) is 0 Å². The Balaban J connectivity index is 2.09. The highest BCUT2D eigenvalue weighted by atomic mass is 14.1. The standard InChI is InChI=1S/C7H11/c1-6(2)5-7-3-4-7/h3-4,6H,5H2,1-2H3. The summed E-state index contributed by atoms with van der Waals surface area (Å²) in [6.45, 7) is 4.49. The lowest BCUT2D eigenvalue weighted by molar-refractivity contribution is 0.656. The Morgan fingerprint density at radius 3 is 2.29 bits per heavy atom. The van der Waals surface area contributed by atoms with Crippen LogP contribution in [0.15, 0.2) is 11.6 Å². The van der Waals surface area contributed by atoms with E-state index in [-0.39, 0.29) is 0 Å². The van der Waals surface area contributed by atoms with Crippen molar-refractivity contribution in [2.24, 2.45) is 5.92 Å². The molecule has 0 heterocycles. The van der Waals surface area contributed by atoms with E-state index in [1.165, 1.54) is 12.0 Å². The van der Waals surface area contributed by atoms with Gasteiger partial charge in [-0.1, -0.05) is 25.5 Å². The van der Waals surface area contributed by atoms with Crippen molar-refractivity contribution in [1.29, 1.82) is 0 Å². The van der Waals surface area contributed by atoms with Crippen LogP contribution in [0.2, 0.25) is 0 Å². The second-order valence-electron chi connectivity index (χ2n) is 2.51. The zero-order valence-corrected chi connectivity index (χ0v) is 4.94. The highest BCUT2D eigenvalue weighted by Crippen LogP contribution is 2.24. The predicted octanol–water partition coefficient (Wildman–Crippen LogP) is 2.18. The molecule has 1 rings (SSSR count). The maximum Gasteiger partial charge on any atom is 0.00803 e. The normalized spacial score (nSPS) is 17.3. The highest BCUT2D eigenvalue weighted by molar-refractivity contribution is 5.38. The van der Waals surface area contributed by atoms with Gasteiger partial charge in [0.1, 0.15) is 0 Å². The van der Waals surface area contributed by atoms with Gasteiger partial charge in [0.25, 0.3) is 0 Å². The fourth-order valence-corrected chi connectivity index (χ4v) is 0.666. The first-order chi connectivity index (χ1) is 3.29. The van der Waals surface area contributed by atoms with Crippen LogP contribution in [0.5, 0.6) is 0 Å². The number of hydrogen-bond donors (Lipinski definition) is 0. The van der Waals surface area contributed by atoms with Crippen LogP contribution in [0.3, 0.4) is 0 Å². The first kappa shape index (κ1) is 4.89. The van der Waals surface area contributed by atoms with Gasteiger partial charge in [0.2, 0.25) is 0 Å². The number of allylic oxidation sites excluding steroid dienone is 2. The lowest BCUT2D eigenvalue weighted by Crippen LogP contribution is -1.81. The molecule has 0 aromatic heterocycles. The Hall–Kier alpha value is -0.260. The molecule has 1 radical (unpaired) electrons. The summed E-state index contributed by atoms with van der Waals surface area (Å²) in [5, 5.41) is 0. The summed E-state index contributed by atoms with van der Waals surface area (Å²) >= 11 is 0. The summed E-state index contributed by atoms with van der Waals surface area (Å²) < 4.78 is 0. The lowest BCUT2D eigenvalue weighted by Gasteiger charge is -1.95. The Morgan fingerprint density at radius 1 is 1.57 bits per heavy atom. The van der Waals surface area contributed by atoms with Crippen LogP contribution < -0.4 is 0 Å². The van der Waals surface area contributed by atoms with E-state index < -0.39 is 0 Å². The third-order valence-electron chi connectivity index (χ3n) is 1.05. The number of rotatable bonds is 2. The molecule has 0 aliphatic heterocycles. The maximum absolute atomic E-state index is 2.24. The second kappa shape index (κ2) is 1.69. The third-order valence-corrected chi connectivity index (χ3v) is 1.05. The average Bonchev–Trinajstić information content (AvgIpc) is 2.17. The fraction of sp³-hybridized carbons (Fsp3) is 0.571. The van der Waals surface area contributed by atoms with E-state index in [2.05, 4.69) is 26.3 Å². The van der Waals surface area contributed by atoms with E-state index >= 15 is 0 Å². The zero-order chi connectivity index (χ0) is 5.28. The molecule has 0 N–H and O–H groups in total. The molecule has 0 atom stereocenters. The van der Waals surface area contributed by atoms with Crippen molar-refractivity contribution in [3.8, 4) is 0 Å². The molecule has 0 aromatic carbocycles. The van der Waals surface area contributed by atoms with Gasteiger partial charge in [-0.05, 0) is 12.3 Å². The molecule has 1 aliphatic rings. The molecule has 0 spiro atoms. The van der Waals surface area contributed by atoms with Gasteiger partial charge in [-0.15, -0.1) is 0 Å². The molecule has 0 fully saturated rings. The van der Waals surface area contributed by atoms with Gasteiger partial charge in [-0.3, -0.25) is 0 Å². The van der Waals surface area contributed by atoms with Gasteiger partial charge in [0.05, 0.1) is 0 Å². The molecule has 0 nitrogen and oxygen atoms in total. The van der Waals surface area contributed by atoms with E-state index in [1.807, 2.05) is 0 Å². The molecule has 1 aliphatic carbocycles. The number of hydrogen-bond acceptors (Lipinski definition) is 0. The lowest BCUT2D eigenvalue weighted by atomic mass is 10.1. The van der Waals surface area contributed by atoms with Crippen molar-refractivity contribution < 1.29 is 0 Å². The van der Waals surface area contributed by atoms with Gasteiger partial charge in [-0.25, -0.2) is 0 Å². The van der Waals surface area contributed by atoms with Gasteiger partial charge < -0.3 is 0 Å². The van der Waals surface area contributed by atoms with E-state index in [9.17, 15) is 0 Å². The quantitative estimate of drug-likeness (QED) is 0.493. The van der Waals surface area contributed by atoms with Gasteiger partial charge in [-0.2, -0.15) is 0 Å². The van der Waals surface area contributed by atoms with Crippen molar-refractivity contribution in [2.45, 2.75) is 20.3 Å². The van der Waals surface area contributed by atoms with Crippen LogP contribution in [0.1, 0.15) is 20.3 Å². The van der Waals surface area contributed by atoms with Crippen molar-refractivity contribution >= 4 is 0 Å². The molecule has 7 heavy (non-hydrogen) atoms. The van der Waals surface area contributed by atoms with E-state index in [0.29, 0.717) is 0 Å². The van der Waals surface area contributed by atoms with E-state index in [0.717, 1.165) is 5.92 Å². The SMILES string of the molecule is CC(C)CC1=C[CH]1. The topological polar surface area (TPSA) is 0 Å². The van der Waals surface area contributed by atoms with Crippen LogP contribution in [0, 0.1) is 12.3 Å². The van der Waals surface area contributed by atoms with Crippen LogP contribution in [0.4, 0.5) is 0 Å². The molecule has 0 amide bonds. The summed E-state index contributed by atoms with van der Waals surface area (Å²) in [6, 6.07) is 0. The van der Waals surface area contributed by atoms with E-state index in [1.54, 1.807) is 0 Å². The van der Waals surface area contributed by atoms with E-state index in [4.69, 9.17) is 0 Å². The fourth-order valence-electron chi connectivity index (χ4n) is 0.666. The zero-order valence-electron chi connectivity index (χ0n) is 4.94. The highest BCUT2D eigenvalue weighted by Gasteiger charge is 2.07. The predicted molar refractivity (Wildman–Crippen MR) is 31.8 cm³/mol. The van der Waals surface area contributed by atoms with Crippen LogP contribution in [-0.4, -0.2) is 0 Å². The first-order valence-electron chi connectivity index (χ1n) is 2.83. The Morgan fingerprint density at radius 2 is 2.14 bits per heavy atom. The summed E-state index contributed by atoms with van der Waals surface area (Å²) in [4.78, 5) is 0. The van der Waals surface area contributed by atoms with Crippen LogP contribution in [0.25, 0.3) is 0 Å². The second-order valence-corrected chi connectivity index (χ2v) is 2.51. The molecular formula is C7H11.